The lowest BCUT2D eigenvalue weighted by atomic mass is 9.98. The van der Waals surface area contributed by atoms with Gasteiger partial charge in [-0.1, -0.05) is 84.9 Å². The molecular weight excluding hydrogens is 669 g/mol. The third-order valence-corrected chi connectivity index (χ3v) is 10.2. The number of rotatable bonds is 7. The molecule has 0 bridgehead atoms. The summed E-state index contributed by atoms with van der Waals surface area (Å²) in [4.78, 5) is 2.37. The first kappa shape index (κ1) is 41.0. The highest BCUT2D eigenvalue weighted by molar-refractivity contribution is 6.08. The highest BCUT2D eigenvalue weighted by atomic mass is 15.2. The number of anilines is 2. The van der Waals surface area contributed by atoms with Gasteiger partial charge in [-0.15, -0.1) is 0 Å². The molecule has 0 aliphatic heterocycles. The van der Waals surface area contributed by atoms with Gasteiger partial charge in [0.1, 0.15) is 0 Å². The predicted molar refractivity (Wildman–Crippen MR) is 241 cm³/mol. The maximum atomic E-state index is 2.43. The van der Waals surface area contributed by atoms with E-state index in [0.29, 0.717) is 24.2 Å². The molecule has 0 radical (unpaired) electrons. The molecule has 8 rings (SSSR count). The van der Waals surface area contributed by atoms with Gasteiger partial charge in [0.25, 0.3) is 0 Å². The lowest BCUT2D eigenvalue weighted by Gasteiger charge is -2.30. The molecule has 55 heavy (non-hydrogen) atoms. The number of aromatic nitrogens is 3. The maximum absolute atomic E-state index is 2.43. The van der Waals surface area contributed by atoms with Crippen LogP contribution in [0.1, 0.15) is 110 Å². The number of nitrogens with zero attached hydrogens (tertiary/aromatic N) is 4. The van der Waals surface area contributed by atoms with Crippen molar-refractivity contribution >= 4 is 39.3 Å². The van der Waals surface area contributed by atoms with Crippen molar-refractivity contribution in [3.05, 3.63) is 163 Å². The van der Waals surface area contributed by atoms with Crippen LogP contribution in [0.3, 0.4) is 0 Å². The van der Waals surface area contributed by atoms with Gasteiger partial charge in [0, 0.05) is 81.6 Å². The SMILES string of the molecule is C/C=C\c1ccccc1N(c1ccccc1)C(C)C.CC(C)n1c2ccccc2c2ccccc21.CC(C)n1ccc2c1CCCC2.CC(C)n1cccc1. The minimum Gasteiger partial charge on any atom is -0.352 e. The van der Waals surface area contributed by atoms with Crippen LogP contribution in [0.25, 0.3) is 27.9 Å². The molecule has 7 aromatic rings. The second kappa shape index (κ2) is 19.9. The summed E-state index contributed by atoms with van der Waals surface area (Å²) < 4.78 is 7.00. The summed E-state index contributed by atoms with van der Waals surface area (Å²) in [6.07, 6.45) is 16.0. The van der Waals surface area contributed by atoms with Crippen LogP contribution in [0, 0.1) is 0 Å². The molecule has 3 aromatic heterocycles. The number of allylic oxidation sites excluding steroid dienone is 1. The molecule has 0 saturated carbocycles. The number of benzene rings is 4. The highest BCUT2D eigenvalue weighted by Crippen LogP contribution is 2.32. The molecular formula is C51H64N4. The van der Waals surface area contributed by atoms with Crippen molar-refractivity contribution in [2.75, 3.05) is 4.90 Å². The van der Waals surface area contributed by atoms with Gasteiger partial charge in [0.15, 0.2) is 0 Å². The van der Waals surface area contributed by atoms with Crippen LogP contribution in [0.4, 0.5) is 11.4 Å². The monoisotopic (exact) mass is 733 g/mol. The molecule has 1 aliphatic rings. The van der Waals surface area contributed by atoms with Crippen molar-refractivity contribution in [1.82, 2.24) is 13.7 Å². The lowest BCUT2D eigenvalue weighted by molar-refractivity contribution is 0.548. The van der Waals surface area contributed by atoms with Crippen molar-refractivity contribution < 1.29 is 0 Å². The highest BCUT2D eigenvalue weighted by Gasteiger charge is 2.16. The fourth-order valence-corrected chi connectivity index (χ4v) is 7.66. The second-order valence-electron chi connectivity index (χ2n) is 15.6. The average Bonchev–Trinajstić information content (AvgIpc) is 3.96. The summed E-state index contributed by atoms with van der Waals surface area (Å²) in [5, 5.41) is 2.71. The number of para-hydroxylation sites is 4. The van der Waals surface area contributed by atoms with E-state index in [-0.39, 0.29) is 0 Å². The first-order valence-corrected chi connectivity index (χ1v) is 20.5. The summed E-state index contributed by atoms with van der Waals surface area (Å²) in [7, 11) is 0. The van der Waals surface area contributed by atoms with Crippen LogP contribution < -0.4 is 4.90 Å². The molecule has 0 N–H and O–H groups in total. The Morgan fingerprint density at radius 3 is 1.65 bits per heavy atom. The zero-order chi connectivity index (χ0) is 39.3. The van der Waals surface area contributed by atoms with E-state index in [4.69, 9.17) is 0 Å². The zero-order valence-corrected chi connectivity index (χ0v) is 34.9. The molecule has 0 atom stereocenters. The molecule has 0 fully saturated rings. The average molecular weight is 733 g/mol. The Balaban J connectivity index is 0.000000146. The third kappa shape index (κ3) is 10.3. The minimum absolute atomic E-state index is 0.411. The van der Waals surface area contributed by atoms with Crippen LogP contribution in [-0.2, 0) is 12.8 Å². The summed E-state index contributed by atoms with van der Waals surface area (Å²) in [5.74, 6) is 0. The van der Waals surface area contributed by atoms with Gasteiger partial charge in [-0.05, 0) is 148 Å². The van der Waals surface area contributed by atoms with E-state index in [1.165, 1.54) is 64.4 Å². The van der Waals surface area contributed by atoms with Crippen LogP contribution >= 0.6 is 0 Å². The summed E-state index contributed by atoms with van der Waals surface area (Å²) in [6.45, 7) is 19.8. The van der Waals surface area contributed by atoms with Crippen molar-refractivity contribution in [1.29, 1.82) is 0 Å². The fourth-order valence-electron chi connectivity index (χ4n) is 7.66. The van der Waals surface area contributed by atoms with E-state index in [9.17, 15) is 0 Å². The molecule has 0 saturated heterocycles. The molecule has 0 unspecified atom stereocenters. The Labute approximate surface area is 331 Å². The van der Waals surface area contributed by atoms with Gasteiger partial charge < -0.3 is 18.6 Å². The van der Waals surface area contributed by atoms with Crippen LogP contribution in [-0.4, -0.2) is 19.7 Å². The Kier molecular flexibility index (Phi) is 14.8. The van der Waals surface area contributed by atoms with Gasteiger partial charge in [-0.25, -0.2) is 0 Å². The first-order chi connectivity index (χ1) is 26.6. The third-order valence-electron chi connectivity index (χ3n) is 10.2. The van der Waals surface area contributed by atoms with Crippen molar-refractivity contribution in [2.24, 2.45) is 0 Å². The zero-order valence-electron chi connectivity index (χ0n) is 34.9. The van der Waals surface area contributed by atoms with Crippen molar-refractivity contribution in [3.8, 4) is 0 Å². The number of hydrogen-bond donors (Lipinski definition) is 0. The van der Waals surface area contributed by atoms with Gasteiger partial charge in [0.2, 0.25) is 0 Å². The van der Waals surface area contributed by atoms with Gasteiger partial charge in [-0.3, -0.25) is 0 Å². The molecule has 1 aliphatic carbocycles. The van der Waals surface area contributed by atoms with E-state index in [0.717, 1.165) is 0 Å². The summed E-state index contributed by atoms with van der Waals surface area (Å²) in [5.41, 5.74) is 9.59. The van der Waals surface area contributed by atoms with Crippen LogP contribution in [0.5, 0.6) is 0 Å². The molecule has 0 spiro atoms. The Morgan fingerprint density at radius 2 is 1.11 bits per heavy atom. The summed E-state index contributed by atoms with van der Waals surface area (Å²) >= 11 is 0. The molecule has 3 heterocycles. The maximum Gasteiger partial charge on any atom is 0.0493 e. The Morgan fingerprint density at radius 1 is 0.545 bits per heavy atom. The number of hydrogen-bond acceptors (Lipinski definition) is 1. The second-order valence-corrected chi connectivity index (χ2v) is 15.6. The normalized spacial score (nSPS) is 12.4. The Hall–Kier alpha value is -5.22. The number of fused-ring (bicyclic) bond motifs is 4. The van der Waals surface area contributed by atoms with E-state index < -0.39 is 0 Å². The van der Waals surface area contributed by atoms with Crippen molar-refractivity contribution in [2.45, 2.75) is 112 Å². The van der Waals surface area contributed by atoms with Gasteiger partial charge in [0.05, 0.1) is 0 Å². The first-order valence-electron chi connectivity index (χ1n) is 20.5. The minimum atomic E-state index is 0.411. The molecule has 4 aromatic carbocycles. The molecule has 0 amide bonds. The molecule has 4 nitrogen and oxygen atoms in total. The van der Waals surface area contributed by atoms with E-state index in [1.54, 1.807) is 11.3 Å². The lowest BCUT2D eigenvalue weighted by Crippen LogP contribution is -2.25. The molecule has 4 heteroatoms. The van der Waals surface area contributed by atoms with Gasteiger partial charge >= 0.3 is 0 Å². The quantitative estimate of drug-likeness (QED) is 0.160. The van der Waals surface area contributed by atoms with E-state index in [1.807, 2.05) is 12.1 Å². The molecule has 288 valence electrons. The van der Waals surface area contributed by atoms with E-state index in [2.05, 4.69) is 221 Å². The largest absolute Gasteiger partial charge is 0.352 e. The van der Waals surface area contributed by atoms with Crippen LogP contribution in [0.15, 0.2) is 146 Å². The van der Waals surface area contributed by atoms with E-state index >= 15 is 0 Å². The topological polar surface area (TPSA) is 18.0 Å². The van der Waals surface area contributed by atoms with Crippen molar-refractivity contribution in [3.63, 3.8) is 0 Å². The predicted octanol–water partition coefficient (Wildman–Crippen LogP) is 14.7. The summed E-state index contributed by atoms with van der Waals surface area (Å²) in [6, 6.07) is 44.9. The number of aryl methyl sites for hydroxylation is 1. The Bertz CT molecular complexity index is 2140. The standard InChI is InChI=1S/C18H21N.C15H15N.C11H17N.C7H11N/c1-4-10-16-11-8-9-14-18(16)19(15(2)3)17-12-6-5-7-13-17;1-11(2)16-14-9-5-3-7-12(14)13-8-4-6-10-15(13)16;1-9(2)12-8-7-10-5-3-4-6-11(10)12;1-7(2)8-5-3-4-6-8/h4-15H,1-3H3;3-11H,1-2H3;7-9H,3-6H2,1-2H3;3-7H,1-2H3/b10-4-;;;. The smallest absolute Gasteiger partial charge is 0.0493 e. The van der Waals surface area contributed by atoms with Crippen LogP contribution in [0.2, 0.25) is 0 Å². The van der Waals surface area contributed by atoms with Gasteiger partial charge in [-0.2, -0.15) is 0 Å². The fraction of sp³-hybridized carbons (Fsp3) is 0.333.